The van der Waals surface area contributed by atoms with Crippen molar-refractivity contribution in [1.82, 2.24) is 14.9 Å². The van der Waals surface area contributed by atoms with Gasteiger partial charge in [0.25, 0.3) is 5.56 Å². The molecule has 0 radical (unpaired) electrons. The Balaban J connectivity index is 1.92. The summed E-state index contributed by atoms with van der Waals surface area (Å²) >= 11 is 0. The van der Waals surface area contributed by atoms with Crippen molar-refractivity contribution in [2.75, 3.05) is 0 Å². The molecule has 1 N–H and O–H groups in total. The highest BCUT2D eigenvalue weighted by molar-refractivity contribution is 5.43. The summed E-state index contributed by atoms with van der Waals surface area (Å²) in [5, 5.41) is 15.0. The van der Waals surface area contributed by atoms with Crippen molar-refractivity contribution in [2.24, 2.45) is 10.2 Å². The summed E-state index contributed by atoms with van der Waals surface area (Å²) < 4.78 is 6.70. The molecule has 2 aromatic heterocycles. The normalized spacial score (nSPS) is 12.2. The highest BCUT2D eigenvalue weighted by Gasteiger charge is 2.20. The van der Waals surface area contributed by atoms with Crippen molar-refractivity contribution in [3.8, 4) is 5.69 Å². The van der Waals surface area contributed by atoms with Crippen LogP contribution in [-0.4, -0.2) is 14.9 Å². The van der Waals surface area contributed by atoms with Crippen LogP contribution in [0.2, 0.25) is 0 Å². The zero-order valence-corrected chi connectivity index (χ0v) is 14.1. The molecule has 0 spiro atoms. The Labute approximate surface area is 139 Å². The highest BCUT2D eigenvalue weighted by atomic mass is 16.5. The fourth-order valence-electron chi connectivity index (χ4n) is 2.18. The number of hydrogen-bond donors (Lipinski definition) is 1. The molecule has 0 fully saturated rings. The maximum atomic E-state index is 12.5. The van der Waals surface area contributed by atoms with Gasteiger partial charge < -0.3 is 4.52 Å². The van der Waals surface area contributed by atoms with Gasteiger partial charge in [-0.2, -0.15) is 0 Å². The first kappa shape index (κ1) is 15.9. The molecule has 2 heterocycles. The Morgan fingerprint density at radius 1 is 1.17 bits per heavy atom. The van der Waals surface area contributed by atoms with E-state index in [2.05, 4.69) is 20.5 Å². The molecule has 0 saturated heterocycles. The predicted octanol–water partition coefficient (Wildman–Crippen LogP) is 4.17. The third-order valence-corrected chi connectivity index (χ3v) is 3.54. The minimum absolute atomic E-state index is 0.162. The van der Waals surface area contributed by atoms with Gasteiger partial charge in [0.05, 0.1) is 11.4 Å². The van der Waals surface area contributed by atoms with Crippen LogP contribution in [0.5, 0.6) is 0 Å². The number of aromatic nitrogens is 3. The summed E-state index contributed by atoms with van der Waals surface area (Å²) in [6.45, 7) is 7.83. The molecule has 0 aliphatic carbocycles. The average Bonchev–Trinajstić information content (AvgIpc) is 3.12. The smallest absolute Gasteiger partial charge is 0.299 e. The Kier molecular flexibility index (Phi) is 3.92. The van der Waals surface area contributed by atoms with Crippen LogP contribution in [0.1, 0.15) is 32.2 Å². The van der Waals surface area contributed by atoms with Crippen molar-refractivity contribution in [2.45, 2.75) is 33.1 Å². The van der Waals surface area contributed by atoms with Gasteiger partial charge in [-0.05, 0) is 19.1 Å². The quantitative estimate of drug-likeness (QED) is 0.733. The first-order valence-corrected chi connectivity index (χ1v) is 7.62. The number of aromatic amines is 1. The first-order chi connectivity index (χ1) is 11.4. The Hall–Kier alpha value is -2.96. The summed E-state index contributed by atoms with van der Waals surface area (Å²) in [6, 6.07) is 11.0. The minimum atomic E-state index is -0.262. The molecular formula is C17H19N5O2. The van der Waals surface area contributed by atoms with Gasteiger partial charge in [-0.15, -0.1) is 10.2 Å². The lowest BCUT2D eigenvalue weighted by molar-refractivity contribution is 0.330. The lowest BCUT2D eigenvalue weighted by atomic mass is 9.93. The Morgan fingerprint density at radius 3 is 2.50 bits per heavy atom. The maximum absolute atomic E-state index is 12.5. The predicted molar refractivity (Wildman–Crippen MR) is 90.5 cm³/mol. The number of para-hydroxylation sites is 1. The van der Waals surface area contributed by atoms with E-state index in [0.717, 1.165) is 5.69 Å². The van der Waals surface area contributed by atoms with Crippen molar-refractivity contribution in [1.29, 1.82) is 0 Å². The molecule has 24 heavy (non-hydrogen) atoms. The number of aryl methyl sites for hydroxylation is 1. The number of H-pyrrole nitrogens is 1. The van der Waals surface area contributed by atoms with Gasteiger partial charge in [-0.3, -0.25) is 9.89 Å². The van der Waals surface area contributed by atoms with Gasteiger partial charge in [0.1, 0.15) is 5.76 Å². The van der Waals surface area contributed by atoms with Crippen LogP contribution in [0, 0.1) is 6.92 Å². The third-order valence-electron chi connectivity index (χ3n) is 3.54. The van der Waals surface area contributed by atoms with E-state index in [4.69, 9.17) is 4.52 Å². The standard InChI is InChI=1S/C17H19N5O2/c1-11-15(16(23)22(20-11)12-8-6-5-7-9-12)19-18-14-10-13(24-21-14)17(2,3)4/h5-10,20H,1-4H3. The molecule has 0 aliphatic rings. The topological polar surface area (TPSA) is 88.5 Å². The first-order valence-electron chi connectivity index (χ1n) is 7.62. The molecule has 0 aliphatic heterocycles. The zero-order chi connectivity index (χ0) is 17.3. The number of azo groups is 1. The summed E-state index contributed by atoms with van der Waals surface area (Å²) in [6.07, 6.45) is 0. The van der Waals surface area contributed by atoms with Gasteiger partial charge in [0.2, 0.25) is 5.82 Å². The van der Waals surface area contributed by atoms with Crippen molar-refractivity contribution >= 4 is 11.5 Å². The second-order valence-corrected chi connectivity index (χ2v) is 6.56. The Morgan fingerprint density at radius 2 is 1.88 bits per heavy atom. The Bertz CT molecular complexity index is 926. The van der Waals surface area contributed by atoms with Crippen molar-refractivity contribution in [3.63, 3.8) is 0 Å². The monoisotopic (exact) mass is 325 g/mol. The molecule has 3 rings (SSSR count). The maximum Gasteiger partial charge on any atom is 0.299 e. The molecule has 0 unspecified atom stereocenters. The van der Waals surface area contributed by atoms with Gasteiger partial charge in [-0.1, -0.05) is 44.1 Å². The van der Waals surface area contributed by atoms with E-state index < -0.39 is 0 Å². The molecule has 0 saturated carbocycles. The van der Waals surface area contributed by atoms with Crippen molar-refractivity contribution in [3.05, 3.63) is 58.2 Å². The molecule has 1 aromatic carbocycles. The van der Waals surface area contributed by atoms with Crippen LogP contribution in [0.4, 0.5) is 11.5 Å². The molecule has 124 valence electrons. The summed E-state index contributed by atoms with van der Waals surface area (Å²) in [5.74, 6) is 1.05. The molecule has 3 aromatic rings. The van der Waals surface area contributed by atoms with E-state index in [1.807, 2.05) is 51.1 Å². The molecule has 7 heteroatoms. The van der Waals surface area contributed by atoms with Gasteiger partial charge in [-0.25, -0.2) is 4.68 Å². The molecule has 0 bridgehead atoms. The van der Waals surface area contributed by atoms with Gasteiger partial charge in [0.15, 0.2) is 5.69 Å². The SMILES string of the molecule is Cc1[nH]n(-c2ccccc2)c(=O)c1N=Nc1cc(C(C)(C)C)on1. The number of nitrogens with zero attached hydrogens (tertiary/aromatic N) is 4. The fourth-order valence-corrected chi connectivity index (χ4v) is 2.18. The second-order valence-electron chi connectivity index (χ2n) is 6.56. The summed E-state index contributed by atoms with van der Waals surface area (Å²) in [5.41, 5.74) is 1.20. The number of rotatable bonds is 3. The number of nitrogens with one attached hydrogen (secondary N) is 1. The van der Waals surface area contributed by atoms with Crippen LogP contribution >= 0.6 is 0 Å². The van der Waals surface area contributed by atoms with E-state index in [1.165, 1.54) is 4.68 Å². The van der Waals surface area contributed by atoms with Crippen LogP contribution in [0.25, 0.3) is 5.69 Å². The lowest BCUT2D eigenvalue weighted by Crippen LogP contribution is -2.13. The highest BCUT2D eigenvalue weighted by Crippen LogP contribution is 2.26. The average molecular weight is 325 g/mol. The van der Waals surface area contributed by atoms with E-state index >= 15 is 0 Å². The molecule has 0 atom stereocenters. The van der Waals surface area contributed by atoms with Gasteiger partial charge >= 0.3 is 0 Å². The van der Waals surface area contributed by atoms with E-state index in [-0.39, 0.29) is 16.7 Å². The third kappa shape index (κ3) is 3.05. The molecule has 7 nitrogen and oxygen atoms in total. The summed E-state index contributed by atoms with van der Waals surface area (Å²) in [7, 11) is 0. The number of benzene rings is 1. The van der Waals surface area contributed by atoms with Crippen LogP contribution < -0.4 is 5.56 Å². The molecular weight excluding hydrogens is 306 g/mol. The lowest BCUT2D eigenvalue weighted by Gasteiger charge is -2.11. The van der Waals surface area contributed by atoms with E-state index in [1.54, 1.807) is 13.0 Å². The van der Waals surface area contributed by atoms with Crippen molar-refractivity contribution < 1.29 is 4.52 Å². The minimum Gasteiger partial charge on any atom is -0.359 e. The zero-order valence-electron chi connectivity index (χ0n) is 14.1. The van der Waals surface area contributed by atoms with Gasteiger partial charge in [0, 0.05) is 11.5 Å². The fraction of sp³-hybridized carbons (Fsp3) is 0.294. The summed E-state index contributed by atoms with van der Waals surface area (Å²) in [4.78, 5) is 12.5. The second kappa shape index (κ2) is 5.92. The van der Waals surface area contributed by atoms with Crippen LogP contribution in [0.15, 0.2) is 55.9 Å². The van der Waals surface area contributed by atoms with E-state index in [9.17, 15) is 4.79 Å². The van der Waals surface area contributed by atoms with Crippen LogP contribution in [0.3, 0.4) is 0 Å². The number of hydrogen-bond acceptors (Lipinski definition) is 5. The van der Waals surface area contributed by atoms with Crippen LogP contribution in [-0.2, 0) is 5.41 Å². The molecule has 0 amide bonds. The largest absolute Gasteiger partial charge is 0.359 e. The van der Waals surface area contributed by atoms with E-state index in [0.29, 0.717) is 17.3 Å².